The predicted molar refractivity (Wildman–Crippen MR) is 98.2 cm³/mol. The summed E-state index contributed by atoms with van der Waals surface area (Å²) < 4.78 is 0.917. The SMILES string of the molecule is CCCCCCCCCC(CN)Nc1ccc(Cl)c(Br)c1. The molecule has 1 unspecified atom stereocenters. The summed E-state index contributed by atoms with van der Waals surface area (Å²) in [7, 11) is 0. The number of halogens is 2. The first-order chi connectivity index (χ1) is 10.2. The van der Waals surface area contributed by atoms with Gasteiger partial charge in [0, 0.05) is 22.7 Å². The van der Waals surface area contributed by atoms with E-state index in [1.165, 1.54) is 44.9 Å². The first-order valence-electron chi connectivity index (χ1n) is 8.09. The van der Waals surface area contributed by atoms with Crippen LogP contribution in [0.1, 0.15) is 58.3 Å². The van der Waals surface area contributed by atoms with Crippen molar-refractivity contribution < 1.29 is 0 Å². The molecule has 2 nitrogen and oxygen atoms in total. The Kier molecular flexibility index (Phi) is 10.1. The van der Waals surface area contributed by atoms with Gasteiger partial charge in [-0.05, 0) is 40.5 Å². The molecular formula is C17H28BrClN2. The molecule has 1 aromatic carbocycles. The Bertz CT molecular complexity index is 398. The molecule has 0 aromatic heterocycles. The van der Waals surface area contributed by atoms with Crippen LogP contribution in [0.5, 0.6) is 0 Å². The van der Waals surface area contributed by atoms with Crippen LogP contribution >= 0.6 is 27.5 Å². The standard InChI is InChI=1S/C17H28BrClN2/c1-2-3-4-5-6-7-8-9-15(13-20)21-14-10-11-17(19)16(18)12-14/h10-12,15,21H,2-9,13,20H2,1H3. The molecule has 0 aliphatic heterocycles. The Labute approximate surface area is 143 Å². The third-order valence-corrected chi connectivity index (χ3v) is 4.95. The molecule has 1 aromatic rings. The number of rotatable bonds is 11. The summed E-state index contributed by atoms with van der Waals surface area (Å²) >= 11 is 9.45. The molecule has 0 saturated heterocycles. The van der Waals surface area contributed by atoms with Gasteiger partial charge in [0.1, 0.15) is 0 Å². The summed E-state index contributed by atoms with van der Waals surface area (Å²) in [6.45, 7) is 2.92. The van der Waals surface area contributed by atoms with Gasteiger partial charge in [0.05, 0.1) is 5.02 Å². The molecule has 0 heterocycles. The fourth-order valence-electron chi connectivity index (χ4n) is 2.42. The van der Waals surface area contributed by atoms with Crippen molar-refractivity contribution in [2.75, 3.05) is 11.9 Å². The van der Waals surface area contributed by atoms with Crippen LogP contribution in [0.2, 0.25) is 5.02 Å². The molecule has 1 atom stereocenters. The maximum atomic E-state index is 6.01. The van der Waals surface area contributed by atoms with Gasteiger partial charge < -0.3 is 11.1 Å². The zero-order valence-electron chi connectivity index (χ0n) is 13.0. The van der Waals surface area contributed by atoms with Crippen molar-refractivity contribution in [3.63, 3.8) is 0 Å². The van der Waals surface area contributed by atoms with E-state index in [2.05, 4.69) is 28.2 Å². The Balaban J connectivity index is 2.23. The first-order valence-corrected chi connectivity index (χ1v) is 9.26. The van der Waals surface area contributed by atoms with Gasteiger partial charge >= 0.3 is 0 Å². The van der Waals surface area contributed by atoms with Crippen LogP contribution in [-0.2, 0) is 0 Å². The normalized spacial score (nSPS) is 12.4. The molecule has 1 rings (SSSR count). The monoisotopic (exact) mass is 374 g/mol. The molecule has 0 bridgehead atoms. The van der Waals surface area contributed by atoms with Crippen LogP contribution in [0.25, 0.3) is 0 Å². The number of nitrogens with two attached hydrogens (primary N) is 1. The van der Waals surface area contributed by atoms with E-state index in [-0.39, 0.29) is 0 Å². The smallest absolute Gasteiger partial charge is 0.0549 e. The van der Waals surface area contributed by atoms with Crippen LogP contribution in [0.4, 0.5) is 5.69 Å². The van der Waals surface area contributed by atoms with Gasteiger partial charge in [0.2, 0.25) is 0 Å². The first kappa shape index (κ1) is 18.8. The van der Waals surface area contributed by atoms with Crippen LogP contribution in [0, 0.1) is 0 Å². The minimum atomic E-state index is 0.341. The molecule has 0 aliphatic carbocycles. The third-order valence-electron chi connectivity index (χ3n) is 3.73. The Morgan fingerprint density at radius 3 is 2.43 bits per heavy atom. The van der Waals surface area contributed by atoms with Crippen molar-refractivity contribution in [2.24, 2.45) is 5.73 Å². The van der Waals surface area contributed by atoms with Crippen molar-refractivity contribution in [3.05, 3.63) is 27.7 Å². The van der Waals surface area contributed by atoms with Gasteiger partial charge in [-0.15, -0.1) is 0 Å². The summed E-state index contributed by atoms with van der Waals surface area (Å²) in [6.07, 6.45) is 10.5. The van der Waals surface area contributed by atoms with Gasteiger partial charge in [-0.2, -0.15) is 0 Å². The molecule has 0 fully saturated rings. The van der Waals surface area contributed by atoms with E-state index in [4.69, 9.17) is 17.3 Å². The highest BCUT2D eigenvalue weighted by atomic mass is 79.9. The second-order valence-electron chi connectivity index (χ2n) is 5.62. The maximum absolute atomic E-state index is 6.01. The second-order valence-corrected chi connectivity index (χ2v) is 6.88. The number of hydrogen-bond donors (Lipinski definition) is 2. The van der Waals surface area contributed by atoms with Crippen molar-refractivity contribution in [1.82, 2.24) is 0 Å². The van der Waals surface area contributed by atoms with E-state index >= 15 is 0 Å². The summed E-state index contributed by atoms with van der Waals surface area (Å²) in [5.74, 6) is 0. The van der Waals surface area contributed by atoms with Crippen LogP contribution < -0.4 is 11.1 Å². The van der Waals surface area contributed by atoms with Crippen LogP contribution in [-0.4, -0.2) is 12.6 Å². The largest absolute Gasteiger partial charge is 0.381 e. The van der Waals surface area contributed by atoms with Crippen molar-refractivity contribution >= 4 is 33.2 Å². The zero-order valence-corrected chi connectivity index (χ0v) is 15.3. The summed E-state index contributed by atoms with van der Waals surface area (Å²) in [6, 6.07) is 6.25. The molecule has 0 amide bonds. The Morgan fingerprint density at radius 2 is 1.81 bits per heavy atom. The topological polar surface area (TPSA) is 38.0 Å². The van der Waals surface area contributed by atoms with Crippen LogP contribution in [0.3, 0.4) is 0 Å². The average molecular weight is 376 g/mol. The molecule has 4 heteroatoms. The summed E-state index contributed by atoms with van der Waals surface area (Å²) in [5.41, 5.74) is 6.94. The van der Waals surface area contributed by atoms with Gasteiger partial charge in [0.25, 0.3) is 0 Å². The Morgan fingerprint density at radius 1 is 1.14 bits per heavy atom. The molecule has 3 N–H and O–H groups in total. The molecule has 0 saturated carbocycles. The molecule has 0 radical (unpaired) electrons. The zero-order chi connectivity index (χ0) is 15.5. The third kappa shape index (κ3) is 8.08. The number of hydrogen-bond acceptors (Lipinski definition) is 2. The number of anilines is 1. The van der Waals surface area contributed by atoms with Crippen molar-refractivity contribution in [3.8, 4) is 0 Å². The average Bonchev–Trinajstić information content (AvgIpc) is 2.48. The number of nitrogens with one attached hydrogen (secondary N) is 1. The van der Waals surface area contributed by atoms with Crippen molar-refractivity contribution in [2.45, 2.75) is 64.3 Å². The summed E-state index contributed by atoms with van der Waals surface area (Å²) in [4.78, 5) is 0. The lowest BCUT2D eigenvalue weighted by Crippen LogP contribution is -2.28. The number of unbranched alkanes of at least 4 members (excludes halogenated alkanes) is 6. The predicted octanol–water partition coefficient (Wildman–Crippen LogP) is 5.98. The van der Waals surface area contributed by atoms with Crippen molar-refractivity contribution in [1.29, 1.82) is 0 Å². The van der Waals surface area contributed by atoms with Gasteiger partial charge in [-0.1, -0.05) is 63.5 Å². The van der Waals surface area contributed by atoms with Crippen LogP contribution in [0.15, 0.2) is 22.7 Å². The van der Waals surface area contributed by atoms with Gasteiger partial charge in [-0.25, -0.2) is 0 Å². The van der Waals surface area contributed by atoms with E-state index < -0.39 is 0 Å². The quantitative estimate of drug-likeness (QED) is 0.467. The lowest BCUT2D eigenvalue weighted by atomic mass is 10.0. The molecule has 0 spiro atoms. The highest BCUT2D eigenvalue weighted by Crippen LogP contribution is 2.26. The fourth-order valence-corrected chi connectivity index (χ4v) is 2.91. The van der Waals surface area contributed by atoms with E-state index in [9.17, 15) is 0 Å². The van der Waals surface area contributed by atoms with Gasteiger partial charge in [0.15, 0.2) is 0 Å². The molecular weight excluding hydrogens is 348 g/mol. The summed E-state index contributed by atoms with van der Waals surface area (Å²) in [5, 5.41) is 4.23. The van der Waals surface area contributed by atoms with E-state index in [1.807, 2.05) is 18.2 Å². The highest BCUT2D eigenvalue weighted by Gasteiger charge is 2.07. The minimum absolute atomic E-state index is 0.341. The fraction of sp³-hybridized carbons (Fsp3) is 0.647. The Hall–Kier alpha value is -0.250. The number of benzene rings is 1. The maximum Gasteiger partial charge on any atom is 0.0549 e. The second kappa shape index (κ2) is 11.3. The van der Waals surface area contributed by atoms with Gasteiger partial charge in [-0.3, -0.25) is 0 Å². The highest BCUT2D eigenvalue weighted by molar-refractivity contribution is 9.10. The lowest BCUT2D eigenvalue weighted by molar-refractivity contribution is 0.548. The molecule has 21 heavy (non-hydrogen) atoms. The van der Waals surface area contributed by atoms with E-state index in [1.54, 1.807) is 0 Å². The molecule has 120 valence electrons. The lowest BCUT2D eigenvalue weighted by Gasteiger charge is -2.18. The minimum Gasteiger partial charge on any atom is -0.381 e. The molecule has 0 aliphatic rings. The van der Waals surface area contributed by atoms with E-state index in [0.29, 0.717) is 12.6 Å². The van der Waals surface area contributed by atoms with E-state index in [0.717, 1.165) is 21.6 Å².